The van der Waals surface area contributed by atoms with E-state index in [0.717, 1.165) is 59.5 Å². The summed E-state index contributed by atoms with van der Waals surface area (Å²) in [6, 6.07) is 12.8. The lowest BCUT2D eigenvalue weighted by Crippen LogP contribution is -2.35. The maximum absolute atomic E-state index is 4.87. The van der Waals surface area contributed by atoms with Crippen molar-refractivity contribution in [3.8, 4) is 0 Å². The molecule has 1 saturated heterocycles. The molecule has 3 heterocycles. The Hall–Kier alpha value is -2.95. The summed E-state index contributed by atoms with van der Waals surface area (Å²) in [6.07, 6.45) is 3.97. The van der Waals surface area contributed by atoms with Crippen LogP contribution in [-0.4, -0.2) is 33.0 Å². The number of nitrogens with zero attached hydrogens (tertiary/aromatic N) is 4. The second kappa shape index (κ2) is 6.34. The van der Waals surface area contributed by atoms with Crippen molar-refractivity contribution in [1.29, 1.82) is 0 Å². The molecule has 1 atom stereocenters. The summed E-state index contributed by atoms with van der Waals surface area (Å²) in [5.74, 6) is 2.52. The number of aromatic nitrogens is 4. The Labute approximate surface area is 158 Å². The van der Waals surface area contributed by atoms with Crippen LogP contribution in [0.5, 0.6) is 0 Å². The number of aryl methyl sites for hydroxylation is 2. The Bertz CT molecular complexity index is 1130. The minimum atomic E-state index is 0.390. The Morgan fingerprint density at radius 2 is 1.81 bits per heavy atom. The zero-order valence-corrected chi connectivity index (χ0v) is 15.7. The van der Waals surface area contributed by atoms with Crippen molar-refractivity contribution in [3.63, 3.8) is 0 Å². The second-order valence-corrected chi connectivity index (χ2v) is 7.65. The maximum Gasteiger partial charge on any atom is 0.139 e. The van der Waals surface area contributed by atoms with Crippen LogP contribution in [0.25, 0.3) is 21.9 Å². The van der Waals surface area contributed by atoms with Crippen LogP contribution in [0.4, 0.5) is 5.82 Å². The highest BCUT2D eigenvalue weighted by molar-refractivity contribution is 5.89. The van der Waals surface area contributed by atoms with Gasteiger partial charge in [-0.3, -0.25) is 0 Å². The van der Waals surface area contributed by atoms with Gasteiger partial charge in [-0.05, 0) is 56.5 Å². The Morgan fingerprint density at radius 3 is 2.70 bits per heavy atom. The summed E-state index contributed by atoms with van der Waals surface area (Å²) in [6.45, 7) is 6.19. The molecule has 0 saturated carbocycles. The highest BCUT2D eigenvalue weighted by Crippen LogP contribution is 2.32. The lowest BCUT2D eigenvalue weighted by atomic mass is 9.97. The molecule has 27 heavy (non-hydrogen) atoms. The molecule has 1 fully saturated rings. The van der Waals surface area contributed by atoms with Crippen molar-refractivity contribution < 1.29 is 0 Å². The van der Waals surface area contributed by atoms with Crippen LogP contribution in [-0.2, 0) is 0 Å². The van der Waals surface area contributed by atoms with Gasteiger partial charge in [0.05, 0.1) is 16.6 Å². The van der Waals surface area contributed by atoms with Crippen molar-refractivity contribution >= 4 is 27.8 Å². The standard InChI is InChI=1S/C22H23N5/c1-14-5-7-18-17(10-14)22(24-13-23-18)27-9-3-4-16(12-27)21-25-19-8-6-15(2)11-20(19)26-21/h5-8,10-11,13,16H,3-4,9,12H2,1-2H3,(H,25,26)/t16-/m0/s1. The van der Waals surface area contributed by atoms with E-state index in [4.69, 9.17) is 4.98 Å². The summed E-state index contributed by atoms with van der Waals surface area (Å²) in [7, 11) is 0. The van der Waals surface area contributed by atoms with Crippen molar-refractivity contribution in [1.82, 2.24) is 19.9 Å². The van der Waals surface area contributed by atoms with Crippen molar-refractivity contribution in [2.24, 2.45) is 0 Å². The lowest BCUT2D eigenvalue weighted by Gasteiger charge is -2.33. The number of nitrogens with one attached hydrogen (secondary N) is 1. The van der Waals surface area contributed by atoms with Crippen LogP contribution in [0.1, 0.15) is 35.7 Å². The van der Waals surface area contributed by atoms with E-state index < -0.39 is 0 Å². The van der Waals surface area contributed by atoms with Crippen LogP contribution in [0.3, 0.4) is 0 Å². The van der Waals surface area contributed by atoms with Gasteiger partial charge in [-0.1, -0.05) is 17.7 Å². The summed E-state index contributed by atoms with van der Waals surface area (Å²) in [5, 5.41) is 1.14. The number of benzene rings is 2. The third-order valence-electron chi connectivity index (χ3n) is 5.53. The third-order valence-corrected chi connectivity index (χ3v) is 5.53. The van der Waals surface area contributed by atoms with E-state index in [1.54, 1.807) is 6.33 Å². The molecule has 0 aliphatic carbocycles. The molecule has 5 heteroatoms. The van der Waals surface area contributed by atoms with Gasteiger partial charge in [0.25, 0.3) is 0 Å². The van der Waals surface area contributed by atoms with Gasteiger partial charge in [0, 0.05) is 24.4 Å². The number of hydrogen-bond donors (Lipinski definition) is 1. The van der Waals surface area contributed by atoms with E-state index in [1.807, 2.05) is 0 Å². The molecule has 2 aromatic carbocycles. The van der Waals surface area contributed by atoms with Crippen LogP contribution < -0.4 is 4.90 Å². The summed E-state index contributed by atoms with van der Waals surface area (Å²) >= 11 is 0. The van der Waals surface area contributed by atoms with Gasteiger partial charge in [0.2, 0.25) is 0 Å². The fourth-order valence-corrected chi connectivity index (χ4v) is 4.14. The molecule has 1 aliphatic heterocycles. The zero-order chi connectivity index (χ0) is 18.4. The quantitative estimate of drug-likeness (QED) is 0.573. The maximum atomic E-state index is 4.87. The van der Waals surface area contributed by atoms with E-state index >= 15 is 0 Å². The highest BCUT2D eigenvalue weighted by atomic mass is 15.2. The van der Waals surface area contributed by atoms with E-state index in [-0.39, 0.29) is 0 Å². The molecule has 0 amide bonds. The average molecular weight is 357 g/mol. The van der Waals surface area contributed by atoms with Gasteiger partial charge in [-0.15, -0.1) is 0 Å². The van der Waals surface area contributed by atoms with Gasteiger partial charge >= 0.3 is 0 Å². The molecule has 0 bridgehead atoms. The minimum Gasteiger partial charge on any atom is -0.355 e. The van der Waals surface area contributed by atoms with Gasteiger partial charge in [0.1, 0.15) is 18.0 Å². The molecular formula is C22H23N5. The number of imidazole rings is 1. The number of hydrogen-bond acceptors (Lipinski definition) is 4. The summed E-state index contributed by atoms with van der Waals surface area (Å²) in [5.41, 5.74) is 5.68. The summed E-state index contributed by atoms with van der Waals surface area (Å²) < 4.78 is 0. The SMILES string of the molecule is Cc1ccc2nc([C@H]3CCCN(c4ncnc5ccc(C)cc45)C3)[nH]c2c1. The van der Waals surface area contributed by atoms with Crippen molar-refractivity contribution in [3.05, 3.63) is 59.7 Å². The fraction of sp³-hybridized carbons (Fsp3) is 0.318. The molecule has 4 aromatic rings. The topological polar surface area (TPSA) is 57.7 Å². The highest BCUT2D eigenvalue weighted by Gasteiger charge is 2.25. The first-order valence-electron chi connectivity index (χ1n) is 9.60. The third kappa shape index (κ3) is 2.93. The normalized spacial score (nSPS) is 17.7. The summed E-state index contributed by atoms with van der Waals surface area (Å²) in [4.78, 5) is 19.9. The molecule has 2 aromatic heterocycles. The Balaban J connectivity index is 1.49. The first-order valence-corrected chi connectivity index (χ1v) is 9.60. The number of aromatic amines is 1. The van der Waals surface area contributed by atoms with E-state index in [1.165, 1.54) is 11.1 Å². The van der Waals surface area contributed by atoms with Gasteiger partial charge in [-0.25, -0.2) is 15.0 Å². The fourth-order valence-electron chi connectivity index (χ4n) is 4.14. The van der Waals surface area contributed by atoms with Crippen LogP contribution in [0, 0.1) is 13.8 Å². The molecule has 1 N–H and O–H groups in total. The number of fused-ring (bicyclic) bond motifs is 2. The first kappa shape index (κ1) is 16.2. The molecule has 0 unspecified atom stereocenters. The predicted octanol–water partition coefficient (Wildman–Crippen LogP) is 4.51. The molecule has 5 nitrogen and oxygen atoms in total. The minimum absolute atomic E-state index is 0.390. The van der Waals surface area contributed by atoms with Gasteiger partial charge in [-0.2, -0.15) is 0 Å². The average Bonchev–Trinajstić information content (AvgIpc) is 3.11. The molecule has 0 radical (unpaired) electrons. The molecule has 1 aliphatic rings. The van der Waals surface area contributed by atoms with Crippen LogP contribution in [0.15, 0.2) is 42.7 Å². The van der Waals surface area contributed by atoms with Crippen LogP contribution in [0.2, 0.25) is 0 Å². The lowest BCUT2D eigenvalue weighted by molar-refractivity contribution is 0.493. The van der Waals surface area contributed by atoms with Gasteiger partial charge < -0.3 is 9.88 Å². The van der Waals surface area contributed by atoms with Crippen LogP contribution >= 0.6 is 0 Å². The molecule has 136 valence electrons. The Kier molecular flexibility index (Phi) is 3.81. The number of H-pyrrole nitrogens is 1. The Morgan fingerprint density at radius 1 is 1.00 bits per heavy atom. The zero-order valence-electron chi connectivity index (χ0n) is 15.7. The molecule has 5 rings (SSSR count). The van der Waals surface area contributed by atoms with E-state index in [0.29, 0.717) is 5.92 Å². The number of rotatable bonds is 2. The number of anilines is 1. The second-order valence-electron chi connectivity index (χ2n) is 7.65. The molecular weight excluding hydrogens is 334 g/mol. The van der Waals surface area contributed by atoms with Crippen molar-refractivity contribution in [2.45, 2.75) is 32.6 Å². The van der Waals surface area contributed by atoms with Gasteiger partial charge in [0.15, 0.2) is 0 Å². The monoisotopic (exact) mass is 357 g/mol. The molecule has 0 spiro atoms. The largest absolute Gasteiger partial charge is 0.355 e. The predicted molar refractivity (Wildman–Crippen MR) is 109 cm³/mol. The van der Waals surface area contributed by atoms with E-state index in [9.17, 15) is 0 Å². The van der Waals surface area contributed by atoms with E-state index in [2.05, 4.69) is 70.1 Å². The number of piperidine rings is 1. The smallest absolute Gasteiger partial charge is 0.139 e. The van der Waals surface area contributed by atoms with Crippen molar-refractivity contribution in [2.75, 3.05) is 18.0 Å². The first-order chi connectivity index (χ1) is 13.2.